The van der Waals surface area contributed by atoms with E-state index < -0.39 is 285 Å². The second-order valence-corrected chi connectivity index (χ2v) is 35.2. The summed E-state index contributed by atoms with van der Waals surface area (Å²) in [6.07, 6.45) is -3.70. The molecule has 143 heavy (non-hydrogen) atoms. The molecule has 51 heteroatoms. The van der Waals surface area contributed by atoms with Gasteiger partial charge in [0.2, 0.25) is 94.5 Å². The number of aliphatic carboxylic acids is 5. The van der Waals surface area contributed by atoms with Crippen molar-refractivity contribution in [1.82, 2.24) is 89.3 Å². The van der Waals surface area contributed by atoms with E-state index in [0.717, 1.165) is 4.90 Å². The number of likely N-dealkylation sites (tertiary alicyclic amines) is 1. The van der Waals surface area contributed by atoms with E-state index >= 15 is 9.59 Å². The third-order valence-electron chi connectivity index (χ3n) is 23.6. The standard InChI is InChI=1S/C92H132N22O29/c1-5-47(4)76(113-77(127)54(96)37-72(119)120)90(140)109-63(36-50-43-99-56-20-9-7-18-53(50)56)84(134)105-62(35-49-42-98-55-19-8-6-17-52(49)55)83(133)107-66(41-75(125)126)87(137)108-64(39-73(121)122)85(135)102-57(21-10-13-29-93)78(128)100-58(22-11-14-30-94)79(129)106-65(40-74(123)124)86(136)104-61(34-48-25-27-51(117)28-26-48)82(132)110-67(38-71(97)118)91(141)114-32-16-24-70(114)89(139)111-68(44-115)88(138)103-60(33-46(2)3)81(131)101-59(23-12-15-31-95)80(130)112-69(45-116)92(142)143/h6-9,17-20,25-28,42-43,46-47,54,57-70,76,98-99,115-117H,5,10-16,21-24,29-41,44-45,93-96H2,1-4H3,(H2,97,118)(H,100,128)(H,101,131)(H,102,135)(H,103,138)(H,104,136)(H,105,134)(H,106,129)(H,107,133)(H,108,137)(H,109,140)(H,110,132)(H,111,139)(H,112,130)(H,113,127)(H,119,120)(H,121,122)(H,123,124)(H,125,126)(H,142,143)/t47-,54-,57-,58-,59-,60-,61-,62-,63-,64-,65-,66-,67-,68-,69-,70-,76-/m0/s1. The van der Waals surface area contributed by atoms with Crippen molar-refractivity contribution in [3.63, 3.8) is 0 Å². The molecule has 1 saturated heterocycles. The Morgan fingerprint density at radius 2 is 0.755 bits per heavy atom. The van der Waals surface area contributed by atoms with Gasteiger partial charge in [0.15, 0.2) is 0 Å². The average molecular weight is 2010 g/mol. The monoisotopic (exact) mass is 2010 g/mol. The number of amides is 16. The lowest BCUT2D eigenvalue weighted by molar-refractivity contribution is -0.144. The molecule has 3 heterocycles. The molecular formula is C92H132N22O29. The highest BCUT2D eigenvalue weighted by molar-refractivity contribution is 6.04. The van der Waals surface area contributed by atoms with E-state index in [-0.39, 0.29) is 127 Å². The SMILES string of the molecule is CC[C@H](C)[C@H](NC(=O)[C@@H](N)CC(=O)O)C(=O)N[C@@H](Cc1c[nH]c2ccccc12)C(=O)N[C@@H](Cc1c[nH]c2ccccc12)C(=O)N[C@@H](CC(=O)O)C(=O)N[C@@H](CC(=O)O)C(=O)N[C@@H](CCCCN)C(=O)N[C@@H](CCCCN)C(=O)N[C@@H](CC(=O)O)C(=O)N[C@@H](Cc1ccc(O)cc1)C(=O)N[C@@H](CC(N)=O)C(=O)N1CCC[C@H]1C(=O)N[C@@H](CO)C(=O)N[C@@H](CC(C)C)C(=O)N[C@@H](CCCCN)C(=O)N[C@@H](CO)C(=O)O. The summed E-state index contributed by atoms with van der Waals surface area (Å²) in [6, 6.07) is -10.2. The number of unbranched alkanes of at least 4 members (excludes halogenated alkanes) is 3. The molecule has 784 valence electrons. The Morgan fingerprint density at radius 3 is 1.15 bits per heavy atom. The van der Waals surface area contributed by atoms with Gasteiger partial charge >= 0.3 is 29.8 Å². The molecule has 0 saturated carbocycles. The number of aromatic nitrogens is 2. The lowest BCUT2D eigenvalue weighted by Crippen LogP contribution is -2.62. The largest absolute Gasteiger partial charge is 0.508 e. The molecule has 1 aliphatic rings. The molecule has 3 aromatic carbocycles. The fourth-order valence-corrected chi connectivity index (χ4v) is 15.7. The number of nitrogens with one attached hydrogen (secondary N) is 16. The number of carbonyl (C=O) groups excluding carboxylic acids is 16. The Balaban J connectivity index is 1.25. The summed E-state index contributed by atoms with van der Waals surface area (Å²) in [4.78, 5) is 298. The number of rotatable bonds is 64. The van der Waals surface area contributed by atoms with Crippen molar-refractivity contribution in [3.8, 4) is 5.75 Å². The summed E-state index contributed by atoms with van der Waals surface area (Å²) in [5.41, 5.74) is 31.0. The number of phenols is 1. The van der Waals surface area contributed by atoms with E-state index in [2.05, 4.69) is 84.4 Å². The second-order valence-electron chi connectivity index (χ2n) is 35.2. The molecule has 0 spiro atoms. The molecule has 51 nitrogen and oxygen atoms in total. The number of phenolic OH excluding ortho intramolecular Hbond substituents is 1. The van der Waals surface area contributed by atoms with Gasteiger partial charge in [-0.1, -0.05) is 82.6 Å². The maximum Gasteiger partial charge on any atom is 0.328 e. The fraction of sp³-hybridized carbons (Fsp3) is 0.533. The van der Waals surface area contributed by atoms with Gasteiger partial charge in [-0.25, -0.2) is 4.79 Å². The van der Waals surface area contributed by atoms with Gasteiger partial charge in [0.05, 0.1) is 51.4 Å². The van der Waals surface area contributed by atoms with Crippen LogP contribution >= 0.6 is 0 Å². The van der Waals surface area contributed by atoms with Crippen LogP contribution in [0, 0.1) is 11.8 Å². The Labute approximate surface area is 820 Å². The number of aliphatic hydroxyl groups excluding tert-OH is 2. The van der Waals surface area contributed by atoms with Gasteiger partial charge in [-0.15, -0.1) is 0 Å². The minimum Gasteiger partial charge on any atom is -0.508 e. The van der Waals surface area contributed by atoms with Gasteiger partial charge in [0.25, 0.3) is 0 Å². The van der Waals surface area contributed by atoms with Crippen LogP contribution in [0.4, 0.5) is 0 Å². The second kappa shape index (κ2) is 58.4. The third-order valence-corrected chi connectivity index (χ3v) is 23.6. The summed E-state index contributed by atoms with van der Waals surface area (Å²) < 4.78 is 0. The van der Waals surface area contributed by atoms with E-state index in [0.29, 0.717) is 39.4 Å². The van der Waals surface area contributed by atoms with Crippen LogP contribution in [0.25, 0.3) is 21.8 Å². The van der Waals surface area contributed by atoms with Crippen molar-refractivity contribution < 1.29 is 142 Å². The predicted molar refractivity (Wildman–Crippen MR) is 508 cm³/mol. The highest BCUT2D eigenvalue weighted by atomic mass is 16.4. The number of H-pyrrole nitrogens is 2. The van der Waals surface area contributed by atoms with E-state index in [1.165, 1.54) is 30.5 Å². The number of fused-ring (bicyclic) bond motifs is 2. The van der Waals surface area contributed by atoms with E-state index in [9.17, 15) is 132 Å². The zero-order valence-electron chi connectivity index (χ0n) is 79.6. The van der Waals surface area contributed by atoms with Crippen LogP contribution in [0.2, 0.25) is 0 Å². The number of nitrogens with zero attached hydrogens (tertiary/aromatic N) is 1. The number of carboxylic acid groups (broad SMARTS) is 5. The van der Waals surface area contributed by atoms with Crippen LogP contribution in [0.3, 0.4) is 0 Å². The minimum absolute atomic E-state index is 0.00299. The molecule has 0 radical (unpaired) electrons. The first-order valence-corrected chi connectivity index (χ1v) is 46.7. The van der Waals surface area contributed by atoms with Gasteiger partial charge in [-0.2, -0.15) is 0 Å². The molecule has 0 unspecified atom stereocenters. The number of carboxylic acids is 5. The average Bonchev–Trinajstić information content (AvgIpc) is 1.68. The molecular weight excluding hydrogens is 1880 g/mol. The van der Waals surface area contributed by atoms with Gasteiger partial charge in [-0.3, -0.25) is 95.9 Å². The molecule has 16 amide bonds. The first-order valence-electron chi connectivity index (χ1n) is 46.7. The number of benzene rings is 3. The summed E-state index contributed by atoms with van der Waals surface area (Å²) in [6.45, 7) is 4.44. The molecule has 1 fully saturated rings. The molecule has 2 aromatic heterocycles. The van der Waals surface area contributed by atoms with Crippen molar-refractivity contribution in [2.75, 3.05) is 39.4 Å². The highest BCUT2D eigenvalue weighted by Crippen LogP contribution is 2.25. The number of primary amides is 1. The highest BCUT2D eigenvalue weighted by Gasteiger charge is 2.44. The number of aromatic amines is 2. The molecule has 6 rings (SSSR count). The van der Waals surface area contributed by atoms with Gasteiger partial charge in [0, 0.05) is 60.0 Å². The van der Waals surface area contributed by atoms with Crippen LogP contribution in [-0.2, 0) is 120 Å². The summed E-state index contributed by atoms with van der Waals surface area (Å²) in [5, 5.41) is 115. The van der Waals surface area contributed by atoms with Gasteiger partial charge < -0.3 is 159 Å². The van der Waals surface area contributed by atoms with Crippen LogP contribution in [0.1, 0.15) is 160 Å². The number of aliphatic hydroxyl groups is 2. The normalized spacial score (nSPS) is 15.7. The van der Waals surface area contributed by atoms with Crippen LogP contribution in [-0.4, -0.2) is 316 Å². The van der Waals surface area contributed by atoms with E-state index in [1.807, 2.05) is 0 Å². The molecule has 1 aliphatic heterocycles. The fourth-order valence-electron chi connectivity index (χ4n) is 15.7. The number of aromatic hydroxyl groups is 1. The van der Waals surface area contributed by atoms with Crippen LogP contribution in [0.15, 0.2) is 85.2 Å². The Kier molecular flexibility index (Phi) is 47.7. The molecule has 17 atom stereocenters. The summed E-state index contributed by atoms with van der Waals surface area (Å²) >= 11 is 0. The van der Waals surface area contributed by atoms with Crippen molar-refractivity contribution in [2.24, 2.45) is 40.5 Å². The maximum absolute atomic E-state index is 15.2. The van der Waals surface area contributed by atoms with Crippen molar-refractivity contribution in [2.45, 2.75) is 259 Å². The number of carbonyl (C=O) groups is 21. The quantitative estimate of drug-likeness (QED) is 0.0161. The summed E-state index contributed by atoms with van der Waals surface area (Å²) in [7, 11) is 0. The maximum atomic E-state index is 15.2. The van der Waals surface area contributed by atoms with Crippen molar-refractivity contribution >= 4 is 146 Å². The van der Waals surface area contributed by atoms with Gasteiger partial charge in [0.1, 0.15) is 96.4 Å². The molecule has 0 aliphatic carbocycles. The smallest absolute Gasteiger partial charge is 0.328 e. The van der Waals surface area contributed by atoms with Gasteiger partial charge in [-0.05, 0) is 149 Å². The number of para-hydroxylation sites is 2. The van der Waals surface area contributed by atoms with Crippen molar-refractivity contribution in [3.05, 3.63) is 102 Å². The first-order chi connectivity index (χ1) is 67.8. The van der Waals surface area contributed by atoms with Crippen molar-refractivity contribution in [1.29, 1.82) is 0 Å². The van der Waals surface area contributed by atoms with E-state index in [1.54, 1.807) is 82.4 Å². The number of hydrogen-bond acceptors (Lipinski definition) is 28. The molecule has 5 aromatic rings. The third kappa shape index (κ3) is 37.6. The predicted octanol–water partition coefficient (Wildman–Crippen LogP) is -6.19. The molecule has 34 N–H and O–H groups in total. The first kappa shape index (κ1) is 117. The Hall–Kier alpha value is -14.8. The lowest BCUT2D eigenvalue weighted by Gasteiger charge is -2.31. The lowest BCUT2D eigenvalue weighted by atomic mass is 9.96. The zero-order chi connectivity index (χ0) is 106. The summed E-state index contributed by atoms with van der Waals surface area (Å²) in [5.74, 6) is -28.5. The Morgan fingerprint density at radius 1 is 0.399 bits per heavy atom. The molecule has 0 bridgehead atoms. The topological polar surface area (TPSA) is 854 Å². The Bertz CT molecular complexity index is 5290. The number of hydrogen-bond donors (Lipinski definition) is 29. The van der Waals surface area contributed by atoms with E-state index in [4.69, 9.17) is 28.7 Å². The number of nitrogens with two attached hydrogens (primary N) is 5. The van der Waals surface area contributed by atoms with Crippen LogP contribution < -0.4 is 103 Å². The minimum atomic E-state index is -2.26. The zero-order valence-corrected chi connectivity index (χ0v) is 79.6. The van der Waals surface area contributed by atoms with Crippen LogP contribution in [0.5, 0.6) is 5.75 Å².